The number of hydrogen-bond acceptors (Lipinski definition) is 3. The van der Waals surface area contributed by atoms with Crippen molar-refractivity contribution in [3.63, 3.8) is 0 Å². The van der Waals surface area contributed by atoms with Crippen molar-refractivity contribution in [1.29, 1.82) is 0 Å². The second kappa shape index (κ2) is 2.70. The highest BCUT2D eigenvalue weighted by Crippen LogP contribution is 2.47. The maximum atomic E-state index is 11.4. The predicted molar refractivity (Wildman–Crippen MR) is 46.2 cm³/mol. The summed E-state index contributed by atoms with van der Waals surface area (Å²) in [5.74, 6) is -0.199. The number of methoxy groups -OCH3 is 1. The molecule has 0 saturated carbocycles. The molecule has 0 amide bonds. The summed E-state index contributed by atoms with van der Waals surface area (Å²) < 4.78 is 9.74. The summed E-state index contributed by atoms with van der Waals surface area (Å²) in [7, 11) is 1.41. The quantitative estimate of drug-likeness (QED) is 0.506. The van der Waals surface area contributed by atoms with E-state index in [1.54, 1.807) is 0 Å². The van der Waals surface area contributed by atoms with Crippen molar-refractivity contribution in [2.75, 3.05) is 7.11 Å². The first-order chi connectivity index (χ1) is 5.66. The van der Waals surface area contributed by atoms with E-state index >= 15 is 0 Å². The van der Waals surface area contributed by atoms with Gasteiger partial charge in [-0.1, -0.05) is 15.9 Å². The zero-order valence-corrected chi connectivity index (χ0v) is 8.46. The Kier molecular flexibility index (Phi) is 1.92. The SMILES string of the molecule is COC(=O)[C@@]1(Br)C[C@H]2CC[C@@H]1O2. The lowest BCUT2D eigenvalue weighted by atomic mass is 9.89. The molecule has 0 unspecified atom stereocenters. The molecule has 0 spiro atoms. The number of rotatable bonds is 1. The van der Waals surface area contributed by atoms with Crippen molar-refractivity contribution < 1.29 is 14.3 Å². The normalized spacial score (nSPS) is 44.8. The summed E-state index contributed by atoms with van der Waals surface area (Å²) in [5.41, 5.74) is 0. The van der Waals surface area contributed by atoms with Crippen molar-refractivity contribution in [3.8, 4) is 0 Å². The Bertz CT molecular complexity index is 218. The summed E-state index contributed by atoms with van der Waals surface area (Å²) >= 11 is 3.43. The monoisotopic (exact) mass is 234 g/mol. The molecule has 3 nitrogen and oxygen atoms in total. The molecule has 2 aliphatic heterocycles. The van der Waals surface area contributed by atoms with Crippen LogP contribution < -0.4 is 0 Å². The standard InChI is InChI=1S/C8H11BrO3/c1-11-7(10)8(9)4-5-2-3-6(8)12-5/h5-6H,2-4H2,1H3/t5-,6+,8-/m1/s1. The van der Waals surface area contributed by atoms with Gasteiger partial charge in [0.15, 0.2) is 4.32 Å². The smallest absolute Gasteiger partial charge is 0.325 e. The minimum absolute atomic E-state index is 0.0231. The topological polar surface area (TPSA) is 35.5 Å². The molecule has 0 N–H and O–H groups in total. The van der Waals surface area contributed by atoms with Crippen molar-refractivity contribution in [3.05, 3.63) is 0 Å². The van der Waals surface area contributed by atoms with Crippen molar-refractivity contribution in [2.45, 2.75) is 35.8 Å². The number of carbonyl (C=O) groups is 1. The lowest BCUT2D eigenvalue weighted by Gasteiger charge is -2.25. The van der Waals surface area contributed by atoms with Gasteiger partial charge in [0.05, 0.1) is 19.3 Å². The molecule has 68 valence electrons. The third-order valence-corrected chi connectivity index (χ3v) is 3.83. The van der Waals surface area contributed by atoms with Crippen LogP contribution in [0.4, 0.5) is 0 Å². The van der Waals surface area contributed by atoms with Gasteiger partial charge in [0, 0.05) is 6.42 Å². The molecule has 12 heavy (non-hydrogen) atoms. The molecule has 0 aromatic rings. The van der Waals surface area contributed by atoms with Crippen LogP contribution in [0.25, 0.3) is 0 Å². The lowest BCUT2D eigenvalue weighted by Crippen LogP contribution is -2.42. The van der Waals surface area contributed by atoms with Gasteiger partial charge < -0.3 is 9.47 Å². The lowest BCUT2D eigenvalue weighted by molar-refractivity contribution is -0.144. The van der Waals surface area contributed by atoms with Crippen LogP contribution in [0.3, 0.4) is 0 Å². The van der Waals surface area contributed by atoms with Crippen LogP contribution in [-0.4, -0.2) is 29.6 Å². The molecular weight excluding hydrogens is 224 g/mol. The average molecular weight is 235 g/mol. The molecule has 4 heteroatoms. The number of hydrogen-bond donors (Lipinski definition) is 0. The Labute approximate surface area is 79.5 Å². The van der Waals surface area contributed by atoms with Gasteiger partial charge in [-0.05, 0) is 12.8 Å². The van der Waals surface area contributed by atoms with Crippen LogP contribution in [0.5, 0.6) is 0 Å². The third-order valence-electron chi connectivity index (χ3n) is 2.67. The Balaban J connectivity index is 2.17. The number of halogens is 1. The molecule has 2 fully saturated rings. The van der Waals surface area contributed by atoms with Crippen LogP contribution in [0.2, 0.25) is 0 Å². The van der Waals surface area contributed by atoms with Crippen LogP contribution in [-0.2, 0) is 14.3 Å². The molecule has 0 radical (unpaired) electrons. The number of esters is 1. The van der Waals surface area contributed by atoms with E-state index in [1.165, 1.54) is 7.11 Å². The van der Waals surface area contributed by atoms with Gasteiger partial charge in [-0.3, -0.25) is 4.79 Å². The zero-order chi connectivity index (χ0) is 8.77. The Hall–Kier alpha value is -0.0900. The summed E-state index contributed by atoms with van der Waals surface area (Å²) in [5, 5.41) is 0. The van der Waals surface area contributed by atoms with Crippen molar-refractivity contribution >= 4 is 21.9 Å². The van der Waals surface area contributed by atoms with E-state index in [1.807, 2.05) is 0 Å². The van der Waals surface area contributed by atoms with E-state index in [0.29, 0.717) is 0 Å². The minimum atomic E-state index is -0.551. The second-order valence-electron chi connectivity index (χ2n) is 3.38. The maximum absolute atomic E-state index is 11.4. The molecule has 0 aliphatic carbocycles. The molecular formula is C8H11BrO3. The third kappa shape index (κ3) is 1.01. The van der Waals surface area contributed by atoms with E-state index in [0.717, 1.165) is 19.3 Å². The number of fused-ring (bicyclic) bond motifs is 2. The van der Waals surface area contributed by atoms with Crippen LogP contribution in [0.1, 0.15) is 19.3 Å². The maximum Gasteiger partial charge on any atom is 0.325 e. The summed E-state index contributed by atoms with van der Waals surface area (Å²) in [6.45, 7) is 0. The van der Waals surface area contributed by atoms with Gasteiger partial charge in [-0.25, -0.2) is 0 Å². The first kappa shape index (κ1) is 8.51. The van der Waals surface area contributed by atoms with E-state index < -0.39 is 4.32 Å². The van der Waals surface area contributed by atoms with Gasteiger partial charge in [-0.2, -0.15) is 0 Å². The van der Waals surface area contributed by atoms with Gasteiger partial charge in [0.2, 0.25) is 0 Å². The van der Waals surface area contributed by atoms with Crippen LogP contribution in [0, 0.1) is 0 Å². The fraction of sp³-hybridized carbons (Fsp3) is 0.875. The molecule has 2 bridgehead atoms. The highest BCUT2D eigenvalue weighted by Gasteiger charge is 2.56. The van der Waals surface area contributed by atoms with Crippen LogP contribution >= 0.6 is 15.9 Å². The Morgan fingerprint density at radius 2 is 2.42 bits per heavy atom. The van der Waals surface area contributed by atoms with Gasteiger partial charge in [-0.15, -0.1) is 0 Å². The Morgan fingerprint density at radius 3 is 2.83 bits per heavy atom. The number of ether oxygens (including phenoxy) is 2. The molecule has 0 aromatic heterocycles. The molecule has 0 aromatic carbocycles. The van der Waals surface area contributed by atoms with Gasteiger partial charge >= 0.3 is 5.97 Å². The van der Waals surface area contributed by atoms with E-state index in [9.17, 15) is 4.79 Å². The molecule has 2 aliphatic rings. The summed E-state index contributed by atoms with van der Waals surface area (Å²) in [6.07, 6.45) is 3.08. The number of alkyl halides is 1. The van der Waals surface area contributed by atoms with E-state index in [2.05, 4.69) is 15.9 Å². The molecule has 2 saturated heterocycles. The largest absolute Gasteiger partial charge is 0.468 e. The average Bonchev–Trinajstić information content (AvgIpc) is 2.62. The zero-order valence-electron chi connectivity index (χ0n) is 6.88. The van der Waals surface area contributed by atoms with Gasteiger partial charge in [0.25, 0.3) is 0 Å². The predicted octanol–water partition coefficient (Wildman–Crippen LogP) is 1.24. The molecule has 3 atom stereocenters. The van der Waals surface area contributed by atoms with Crippen molar-refractivity contribution in [1.82, 2.24) is 0 Å². The number of carbonyl (C=O) groups excluding carboxylic acids is 1. The van der Waals surface area contributed by atoms with Crippen LogP contribution in [0.15, 0.2) is 0 Å². The fourth-order valence-electron chi connectivity index (χ4n) is 2.04. The van der Waals surface area contributed by atoms with Crippen molar-refractivity contribution in [2.24, 2.45) is 0 Å². The fourth-order valence-corrected chi connectivity index (χ4v) is 2.90. The second-order valence-corrected chi connectivity index (χ2v) is 4.80. The minimum Gasteiger partial charge on any atom is -0.468 e. The Morgan fingerprint density at radius 1 is 1.67 bits per heavy atom. The summed E-state index contributed by atoms with van der Waals surface area (Å²) in [6, 6.07) is 0. The first-order valence-electron chi connectivity index (χ1n) is 4.09. The highest BCUT2D eigenvalue weighted by molar-refractivity contribution is 9.10. The van der Waals surface area contributed by atoms with Gasteiger partial charge in [0.1, 0.15) is 0 Å². The first-order valence-corrected chi connectivity index (χ1v) is 4.89. The highest BCUT2D eigenvalue weighted by atomic mass is 79.9. The van der Waals surface area contributed by atoms with E-state index in [4.69, 9.17) is 9.47 Å². The molecule has 2 rings (SSSR count). The van der Waals surface area contributed by atoms with E-state index in [-0.39, 0.29) is 18.2 Å². The summed E-state index contributed by atoms with van der Waals surface area (Å²) in [4.78, 5) is 11.4. The molecule has 2 heterocycles.